The van der Waals surface area contributed by atoms with Gasteiger partial charge in [-0.3, -0.25) is 0 Å². The van der Waals surface area contributed by atoms with Gasteiger partial charge < -0.3 is 5.73 Å². The van der Waals surface area contributed by atoms with Crippen molar-refractivity contribution in [1.82, 2.24) is 0 Å². The molecule has 0 amide bonds. The second kappa shape index (κ2) is 5.54. The summed E-state index contributed by atoms with van der Waals surface area (Å²) in [6.45, 7) is 1.94. The largest absolute Gasteiger partial charge is 0.315 e. The molecule has 0 aliphatic rings. The summed E-state index contributed by atoms with van der Waals surface area (Å²) in [5, 5.41) is 0. The maximum atomic E-state index is 5.24. The number of hydrogen-bond donors (Lipinski definition) is 1. The molecule has 0 radical (unpaired) electrons. The van der Waals surface area contributed by atoms with Crippen LogP contribution in [0, 0.1) is 0 Å². The number of alkyl halides is 1. The monoisotopic (exact) mass is 129 g/mol. The molecule has 0 aromatic heterocycles. The second-order valence-corrected chi connectivity index (χ2v) is 1.48. The van der Waals surface area contributed by atoms with Crippen molar-refractivity contribution in [2.24, 2.45) is 5.73 Å². The van der Waals surface area contributed by atoms with Gasteiger partial charge in [0.15, 0.2) is 0 Å². The Hall–Kier alpha value is 0.540. The maximum Gasteiger partial charge on any atom is 0.0797 e. The van der Waals surface area contributed by atoms with Crippen molar-refractivity contribution in [1.29, 1.82) is 0 Å². The Morgan fingerprint density at radius 2 is 2.00 bits per heavy atom. The van der Waals surface area contributed by atoms with E-state index < -0.39 is 0 Å². The predicted molar refractivity (Wildman–Crippen MR) is 31.4 cm³/mol. The van der Waals surface area contributed by atoms with Crippen LogP contribution in [0.25, 0.3) is 0 Å². The van der Waals surface area contributed by atoms with E-state index in [0.717, 1.165) is 6.42 Å². The molecule has 0 aliphatic heterocycles. The molecule has 0 aliphatic carbocycles. The summed E-state index contributed by atoms with van der Waals surface area (Å²) in [5.74, 6) is 0. The molecule has 0 bridgehead atoms. The van der Waals surface area contributed by atoms with Crippen LogP contribution in [0.15, 0.2) is 0 Å². The summed E-state index contributed by atoms with van der Waals surface area (Å²) >= 11 is 5.24. The van der Waals surface area contributed by atoms with Gasteiger partial charge in [-0.1, -0.05) is 6.92 Å². The molecule has 40 valence electrons. The van der Waals surface area contributed by atoms with Crippen LogP contribution in [0.4, 0.5) is 0 Å². The molecule has 1 nitrogen and oxygen atoms in total. The average Bonchev–Trinajstić information content (AvgIpc) is 1.38. The van der Waals surface area contributed by atoms with E-state index >= 15 is 0 Å². The summed E-state index contributed by atoms with van der Waals surface area (Å²) in [6, 6.07) is 0. The molecular formula is C3H9Cl2N. The highest BCUT2D eigenvalue weighted by Crippen LogP contribution is 1.87. The first-order valence-corrected chi connectivity index (χ1v) is 2.10. The summed E-state index contributed by atoms with van der Waals surface area (Å²) in [7, 11) is 0. The molecule has 3 heteroatoms. The lowest BCUT2D eigenvalue weighted by Gasteiger charge is -1.88. The van der Waals surface area contributed by atoms with Crippen LogP contribution < -0.4 is 5.73 Å². The maximum absolute atomic E-state index is 5.24. The lowest BCUT2D eigenvalue weighted by atomic mass is 10.5. The molecule has 6 heavy (non-hydrogen) atoms. The van der Waals surface area contributed by atoms with Gasteiger partial charge in [0.25, 0.3) is 0 Å². The summed E-state index contributed by atoms with van der Waals surface area (Å²) in [6.07, 6.45) is 0.849. The number of hydrogen-bond acceptors (Lipinski definition) is 1. The first-order chi connectivity index (χ1) is 2.27. The van der Waals surface area contributed by atoms with Gasteiger partial charge >= 0.3 is 0 Å². The molecule has 2 N–H and O–H groups in total. The highest BCUT2D eigenvalue weighted by atomic mass is 35.5. The van der Waals surface area contributed by atoms with E-state index in [1.165, 1.54) is 0 Å². The predicted octanol–water partition coefficient (Wildman–Crippen LogP) is 1.34. The molecular weight excluding hydrogens is 121 g/mol. The van der Waals surface area contributed by atoms with Crippen molar-refractivity contribution in [3.05, 3.63) is 0 Å². The first kappa shape index (κ1) is 9.74. The van der Waals surface area contributed by atoms with Crippen LogP contribution >= 0.6 is 24.0 Å². The van der Waals surface area contributed by atoms with E-state index in [0.29, 0.717) is 0 Å². The molecule has 0 fully saturated rings. The van der Waals surface area contributed by atoms with E-state index in [4.69, 9.17) is 17.3 Å². The van der Waals surface area contributed by atoms with Gasteiger partial charge in [0.1, 0.15) is 0 Å². The lowest BCUT2D eigenvalue weighted by Crippen LogP contribution is -2.08. The third kappa shape index (κ3) is 8.82. The zero-order chi connectivity index (χ0) is 4.28. The van der Waals surface area contributed by atoms with Gasteiger partial charge in [-0.05, 0) is 6.42 Å². The van der Waals surface area contributed by atoms with Crippen LogP contribution in [0.5, 0.6) is 0 Å². The fourth-order valence-electron chi connectivity index (χ4n) is 0. The van der Waals surface area contributed by atoms with E-state index in [2.05, 4.69) is 0 Å². The standard InChI is InChI=1S/C3H8ClN.ClH/c1-2-3(4)5;/h3H,2,5H2,1H3;1H/t3-;/m1./s1. The zero-order valence-electron chi connectivity index (χ0n) is 3.65. The molecule has 0 saturated heterocycles. The first-order valence-electron chi connectivity index (χ1n) is 1.67. The Kier molecular flexibility index (Phi) is 8.99. The quantitative estimate of drug-likeness (QED) is 0.420. The summed E-state index contributed by atoms with van der Waals surface area (Å²) in [4.78, 5) is 0. The SMILES string of the molecule is CC[C@@H](N)Cl.Cl. The highest BCUT2D eigenvalue weighted by Gasteiger charge is 1.82. The molecule has 0 unspecified atom stereocenters. The number of halogens is 2. The van der Waals surface area contributed by atoms with E-state index in [9.17, 15) is 0 Å². The van der Waals surface area contributed by atoms with Gasteiger partial charge in [-0.25, -0.2) is 0 Å². The molecule has 0 heterocycles. The normalized spacial score (nSPS) is 12.5. The van der Waals surface area contributed by atoms with Crippen LogP contribution in [0.1, 0.15) is 13.3 Å². The molecule has 0 saturated carbocycles. The van der Waals surface area contributed by atoms with Crippen molar-refractivity contribution in [3.63, 3.8) is 0 Å². The smallest absolute Gasteiger partial charge is 0.0797 e. The molecule has 0 spiro atoms. The minimum Gasteiger partial charge on any atom is -0.315 e. The number of nitrogens with two attached hydrogens (primary N) is 1. The summed E-state index contributed by atoms with van der Waals surface area (Å²) < 4.78 is 0. The fraction of sp³-hybridized carbons (Fsp3) is 1.00. The molecule has 1 atom stereocenters. The fourth-order valence-corrected chi connectivity index (χ4v) is 0. The van der Waals surface area contributed by atoms with Crippen LogP contribution in [-0.2, 0) is 0 Å². The van der Waals surface area contributed by atoms with Crippen LogP contribution in [0.2, 0.25) is 0 Å². The Labute approximate surface area is 49.3 Å². The minimum absolute atomic E-state index is 0. The van der Waals surface area contributed by atoms with E-state index in [1.54, 1.807) is 0 Å². The Balaban J connectivity index is 0. The molecule has 0 rings (SSSR count). The Bertz CT molecular complexity index is 22.8. The minimum atomic E-state index is -0.144. The van der Waals surface area contributed by atoms with Crippen molar-refractivity contribution >= 4 is 24.0 Å². The highest BCUT2D eigenvalue weighted by molar-refractivity contribution is 6.20. The zero-order valence-corrected chi connectivity index (χ0v) is 5.22. The van der Waals surface area contributed by atoms with Crippen molar-refractivity contribution in [2.75, 3.05) is 0 Å². The van der Waals surface area contributed by atoms with Crippen molar-refractivity contribution in [3.8, 4) is 0 Å². The topological polar surface area (TPSA) is 26.0 Å². The Morgan fingerprint density at radius 1 is 1.83 bits per heavy atom. The molecule has 0 aromatic rings. The lowest BCUT2D eigenvalue weighted by molar-refractivity contribution is 0.857. The van der Waals surface area contributed by atoms with Crippen LogP contribution in [-0.4, -0.2) is 5.50 Å². The van der Waals surface area contributed by atoms with Gasteiger partial charge in [0, 0.05) is 0 Å². The van der Waals surface area contributed by atoms with Crippen molar-refractivity contribution < 1.29 is 0 Å². The van der Waals surface area contributed by atoms with Crippen LogP contribution in [0.3, 0.4) is 0 Å². The van der Waals surface area contributed by atoms with Gasteiger partial charge in [0.2, 0.25) is 0 Å². The average molecular weight is 130 g/mol. The van der Waals surface area contributed by atoms with Crippen molar-refractivity contribution in [2.45, 2.75) is 18.8 Å². The summed E-state index contributed by atoms with van der Waals surface area (Å²) in [5.41, 5.74) is 4.91. The third-order valence-electron chi connectivity index (χ3n) is 0.390. The third-order valence-corrected chi connectivity index (χ3v) is 0.699. The van der Waals surface area contributed by atoms with E-state index in [1.807, 2.05) is 6.92 Å². The van der Waals surface area contributed by atoms with Gasteiger partial charge in [-0.2, -0.15) is 0 Å². The Morgan fingerprint density at radius 3 is 2.00 bits per heavy atom. The van der Waals surface area contributed by atoms with Gasteiger partial charge in [0.05, 0.1) is 5.50 Å². The van der Waals surface area contributed by atoms with E-state index in [-0.39, 0.29) is 17.9 Å². The second-order valence-electron chi connectivity index (χ2n) is 0.924. The van der Waals surface area contributed by atoms with Gasteiger partial charge in [-0.15, -0.1) is 24.0 Å². The molecule has 0 aromatic carbocycles. The number of rotatable bonds is 1.